The van der Waals surface area contributed by atoms with Crippen molar-refractivity contribution in [3.63, 3.8) is 0 Å². The molecule has 3 aromatic rings. The molecular formula is C20H20BrClN4O2. The largest absolute Gasteiger partial charge is 0.388 e. The number of aromatic nitrogens is 3. The predicted molar refractivity (Wildman–Crippen MR) is 112 cm³/mol. The number of aliphatic hydroxyl groups is 1. The quantitative estimate of drug-likeness (QED) is 0.543. The van der Waals surface area contributed by atoms with Crippen LogP contribution >= 0.6 is 27.5 Å². The van der Waals surface area contributed by atoms with Gasteiger partial charge in [-0.25, -0.2) is 0 Å². The van der Waals surface area contributed by atoms with Crippen LogP contribution in [0.5, 0.6) is 0 Å². The number of hydrogen-bond donors (Lipinski definition) is 1. The Morgan fingerprint density at radius 1 is 1.14 bits per heavy atom. The Morgan fingerprint density at radius 2 is 1.86 bits per heavy atom. The second kappa shape index (κ2) is 8.96. The summed E-state index contributed by atoms with van der Waals surface area (Å²) >= 11 is 9.69. The number of ketones is 1. The molecule has 146 valence electrons. The normalized spacial score (nSPS) is 11.2. The minimum atomic E-state index is -0.287. The van der Waals surface area contributed by atoms with Crippen molar-refractivity contribution >= 4 is 33.3 Å². The average molecular weight is 464 g/mol. The van der Waals surface area contributed by atoms with Gasteiger partial charge in [0.1, 0.15) is 12.4 Å². The van der Waals surface area contributed by atoms with E-state index in [9.17, 15) is 9.90 Å². The molecule has 2 aromatic carbocycles. The zero-order valence-corrected chi connectivity index (χ0v) is 17.9. The Hall–Kier alpha value is -2.06. The molecule has 6 nitrogen and oxygen atoms in total. The van der Waals surface area contributed by atoms with Gasteiger partial charge in [0.15, 0.2) is 11.6 Å². The van der Waals surface area contributed by atoms with Crippen molar-refractivity contribution in [2.75, 3.05) is 20.6 Å². The Balaban J connectivity index is 2.15. The maximum Gasteiger partial charge on any atom is 0.196 e. The average Bonchev–Trinajstić information content (AvgIpc) is 3.09. The van der Waals surface area contributed by atoms with Gasteiger partial charge in [0.2, 0.25) is 0 Å². The number of benzene rings is 2. The van der Waals surface area contributed by atoms with Crippen LogP contribution in [0.15, 0.2) is 46.9 Å². The van der Waals surface area contributed by atoms with Crippen molar-refractivity contribution in [1.29, 1.82) is 0 Å². The molecule has 0 radical (unpaired) electrons. The van der Waals surface area contributed by atoms with Crippen LogP contribution in [0.1, 0.15) is 27.6 Å². The van der Waals surface area contributed by atoms with E-state index in [2.05, 4.69) is 26.1 Å². The topological polar surface area (TPSA) is 71.2 Å². The lowest BCUT2D eigenvalue weighted by Crippen LogP contribution is -2.18. The van der Waals surface area contributed by atoms with Gasteiger partial charge >= 0.3 is 0 Å². The van der Waals surface area contributed by atoms with E-state index in [-0.39, 0.29) is 12.4 Å². The van der Waals surface area contributed by atoms with Gasteiger partial charge in [0, 0.05) is 28.6 Å². The highest BCUT2D eigenvalue weighted by atomic mass is 79.9. The summed E-state index contributed by atoms with van der Waals surface area (Å²) < 4.78 is 2.51. The number of hydrogen-bond acceptors (Lipinski definition) is 5. The summed E-state index contributed by atoms with van der Waals surface area (Å²) in [4.78, 5) is 15.3. The van der Waals surface area contributed by atoms with Crippen molar-refractivity contribution in [1.82, 2.24) is 19.7 Å². The third-order valence-electron chi connectivity index (χ3n) is 4.28. The summed E-state index contributed by atoms with van der Waals surface area (Å²) in [5.41, 5.74) is 1.47. The second-order valence-electron chi connectivity index (χ2n) is 6.55. The minimum Gasteiger partial charge on any atom is -0.388 e. The highest BCUT2D eigenvalue weighted by molar-refractivity contribution is 9.10. The fourth-order valence-electron chi connectivity index (χ4n) is 2.90. The number of aliphatic hydroxyl groups excluding tert-OH is 1. The first-order chi connectivity index (χ1) is 13.4. The molecule has 0 saturated carbocycles. The van der Waals surface area contributed by atoms with Crippen molar-refractivity contribution < 1.29 is 9.90 Å². The second-order valence-corrected chi connectivity index (χ2v) is 7.87. The predicted octanol–water partition coefficient (Wildman–Crippen LogP) is 3.51. The summed E-state index contributed by atoms with van der Waals surface area (Å²) in [6.07, 6.45) is 0.621. The Bertz CT molecular complexity index is 1000. The number of carbonyl (C=O) groups excluding carboxylic acids is 1. The third-order valence-corrected chi connectivity index (χ3v) is 5.11. The zero-order chi connectivity index (χ0) is 20.3. The number of nitrogens with zero attached hydrogens (tertiary/aromatic N) is 4. The molecule has 0 saturated heterocycles. The molecule has 1 heterocycles. The molecule has 0 bridgehead atoms. The first kappa shape index (κ1) is 20.7. The summed E-state index contributed by atoms with van der Waals surface area (Å²) in [7, 11) is 3.94. The molecule has 0 aliphatic carbocycles. The lowest BCUT2D eigenvalue weighted by molar-refractivity contribution is 0.103. The van der Waals surface area contributed by atoms with E-state index in [1.54, 1.807) is 34.9 Å². The van der Waals surface area contributed by atoms with Crippen molar-refractivity contribution in [3.05, 3.63) is 74.7 Å². The minimum absolute atomic E-state index is 0.210. The van der Waals surface area contributed by atoms with Crippen LogP contribution < -0.4 is 0 Å². The number of halogens is 2. The molecule has 3 rings (SSSR count). The van der Waals surface area contributed by atoms with E-state index in [1.165, 1.54) is 0 Å². The first-order valence-electron chi connectivity index (χ1n) is 8.70. The molecule has 0 amide bonds. The Labute approximate surface area is 176 Å². The van der Waals surface area contributed by atoms with E-state index in [0.29, 0.717) is 39.9 Å². The van der Waals surface area contributed by atoms with Crippen LogP contribution in [0.2, 0.25) is 5.02 Å². The number of carbonyl (C=O) groups is 1. The summed E-state index contributed by atoms with van der Waals surface area (Å²) in [5, 5.41) is 18.5. The summed E-state index contributed by atoms with van der Waals surface area (Å²) in [6.45, 7) is 0.471. The Morgan fingerprint density at radius 3 is 2.54 bits per heavy atom. The van der Waals surface area contributed by atoms with Crippen LogP contribution in [0.25, 0.3) is 5.69 Å². The molecule has 0 fully saturated rings. The van der Waals surface area contributed by atoms with Gasteiger partial charge in [0.05, 0.1) is 10.7 Å². The Kier molecular flexibility index (Phi) is 6.61. The van der Waals surface area contributed by atoms with Gasteiger partial charge in [-0.1, -0.05) is 39.7 Å². The van der Waals surface area contributed by atoms with Crippen molar-refractivity contribution in [2.45, 2.75) is 13.0 Å². The molecule has 1 N–H and O–H groups in total. The summed E-state index contributed by atoms with van der Waals surface area (Å²) in [5.74, 6) is 0.843. The fourth-order valence-corrected chi connectivity index (χ4v) is 3.48. The zero-order valence-electron chi connectivity index (χ0n) is 15.6. The number of rotatable bonds is 7. The fraction of sp³-hybridized carbons (Fsp3) is 0.250. The standard InChI is InChI=1S/C20H20BrClN4O2/c1-25(2)10-9-18-23-24-19(12-27)26(18)17-8-7-13(21)11-15(17)20(28)14-5-3-4-6-16(14)22/h3-8,11,27H,9-10,12H2,1-2H3. The monoisotopic (exact) mass is 462 g/mol. The first-order valence-corrected chi connectivity index (χ1v) is 9.87. The van der Waals surface area contributed by atoms with Gasteiger partial charge in [-0.2, -0.15) is 0 Å². The van der Waals surface area contributed by atoms with Crippen LogP contribution in [0.3, 0.4) is 0 Å². The lowest BCUT2D eigenvalue weighted by Gasteiger charge is -2.16. The highest BCUT2D eigenvalue weighted by Crippen LogP contribution is 2.27. The smallest absolute Gasteiger partial charge is 0.196 e. The van der Waals surface area contributed by atoms with E-state index in [4.69, 9.17) is 11.6 Å². The van der Waals surface area contributed by atoms with E-state index >= 15 is 0 Å². The highest BCUT2D eigenvalue weighted by Gasteiger charge is 2.22. The maximum atomic E-state index is 13.3. The van der Waals surface area contributed by atoms with Gasteiger partial charge in [-0.15, -0.1) is 10.2 Å². The third kappa shape index (κ3) is 4.33. The van der Waals surface area contributed by atoms with Gasteiger partial charge < -0.3 is 10.0 Å². The molecule has 8 heteroatoms. The van der Waals surface area contributed by atoms with Crippen LogP contribution in [0, 0.1) is 0 Å². The molecule has 0 aliphatic rings. The van der Waals surface area contributed by atoms with Crippen molar-refractivity contribution in [3.8, 4) is 5.69 Å². The van der Waals surface area contributed by atoms with Crippen molar-refractivity contribution in [2.24, 2.45) is 0 Å². The SMILES string of the molecule is CN(C)CCc1nnc(CO)n1-c1ccc(Br)cc1C(=O)c1ccccc1Cl. The maximum absolute atomic E-state index is 13.3. The van der Waals surface area contributed by atoms with Crippen LogP contribution in [-0.4, -0.2) is 51.2 Å². The molecule has 0 unspecified atom stereocenters. The number of likely N-dealkylation sites (N-methyl/N-ethyl adjacent to an activating group) is 1. The molecule has 28 heavy (non-hydrogen) atoms. The molecule has 0 spiro atoms. The van der Waals surface area contributed by atoms with E-state index in [0.717, 1.165) is 11.0 Å². The molecule has 0 atom stereocenters. The lowest BCUT2D eigenvalue weighted by atomic mass is 10.0. The molecular weight excluding hydrogens is 444 g/mol. The van der Waals surface area contributed by atoms with Crippen LogP contribution in [-0.2, 0) is 13.0 Å². The van der Waals surface area contributed by atoms with Gasteiger partial charge in [-0.05, 0) is 44.4 Å². The van der Waals surface area contributed by atoms with Gasteiger partial charge in [0.25, 0.3) is 0 Å². The molecule has 0 aliphatic heterocycles. The van der Waals surface area contributed by atoms with E-state index < -0.39 is 0 Å². The summed E-state index contributed by atoms with van der Waals surface area (Å²) in [6, 6.07) is 12.3. The van der Waals surface area contributed by atoms with E-state index in [1.807, 2.05) is 31.1 Å². The molecule has 1 aromatic heterocycles. The van der Waals surface area contributed by atoms with Gasteiger partial charge in [-0.3, -0.25) is 9.36 Å². The van der Waals surface area contributed by atoms with Crippen LogP contribution in [0.4, 0.5) is 0 Å².